The average Bonchev–Trinajstić information content (AvgIpc) is 2.69. The lowest BCUT2D eigenvalue weighted by Gasteiger charge is -2.28. The number of amides is 2. The number of carbonyl (C=O) groups is 5. The molecule has 0 aliphatic rings. The minimum atomic E-state index is -2.21. The van der Waals surface area contributed by atoms with Crippen LogP contribution >= 0.6 is 15.9 Å². The molecule has 0 saturated heterocycles. The summed E-state index contributed by atoms with van der Waals surface area (Å²) in [6, 6.07) is 3.71. The molecule has 0 atom stereocenters. The Bertz CT molecular complexity index is 839. The van der Waals surface area contributed by atoms with Crippen molar-refractivity contribution in [3.8, 4) is 0 Å². The van der Waals surface area contributed by atoms with Crippen molar-refractivity contribution in [3.05, 3.63) is 34.1 Å². The van der Waals surface area contributed by atoms with Gasteiger partial charge in [-0.15, -0.1) is 0 Å². The summed E-state index contributed by atoms with van der Waals surface area (Å²) in [6.45, 7) is -0.537. The van der Waals surface area contributed by atoms with Gasteiger partial charge in [0.1, 0.15) is 11.4 Å². The van der Waals surface area contributed by atoms with Crippen LogP contribution < -0.4 is 10.6 Å². The van der Waals surface area contributed by atoms with E-state index in [2.05, 4.69) is 26.6 Å². The first-order valence-electron chi connectivity index (χ1n) is 8.62. The van der Waals surface area contributed by atoms with Crippen molar-refractivity contribution in [3.63, 3.8) is 0 Å². The molecular weight excluding hydrogens is 486 g/mol. The van der Waals surface area contributed by atoms with Crippen molar-refractivity contribution in [1.82, 2.24) is 10.6 Å². The van der Waals surface area contributed by atoms with E-state index < -0.39 is 68.1 Å². The van der Waals surface area contributed by atoms with E-state index in [4.69, 9.17) is 19.5 Å². The van der Waals surface area contributed by atoms with Gasteiger partial charge in [0.2, 0.25) is 5.91 Å². The van der Waals surface area contributed by atoms with Crippen LogP contribution in [0, 0.1) is 5.82 Å². The Hall–Kier alpha value is -2.84. The van der Waals surface area contributed by atoms with Crippen LogP contribution in [0.2, 0.25) is 0 Å². The van der Waals surface area contributed by atoms with Gasteiger partial charge in [0, 0.05) is 11.6 Å². The highest BCUT2D eigenvalue weighted by atomic mass is 79.9. The van der Waals surface area contributed by atoms with Crippen molar-refractivity contribution >= 4 is 53.1 Å². The van der Waals surface area contributed by atoms with Crippen molar-refractivity contribution in [2.75, 3.05) is 20.1 Å². The summed E-state index contributed by atoms with van der Waals surface area (Å²) < 4.78 is 24.3. The predicted molar refractivity (Wildman–Crippen MR) is 107 cm³/mol. The first kappa shape index (κ1) is 26.2. The highest BCUT2D eigenvalue weighted by Crippen LogP contribution is 2.20. The minimum absolute atomic E-state index is 0.0514. The van der Waals surface area contributed by atoms with Gasteiger partial charge in [-0.25, -0.2) is 4.39 Å². The van der Waals surface area contributed by atoms with Gasteiger partial charge in [0.15, 0.2) is 6.29 Å². The summed E-state index contributed by atoms with van der Waals surface area (Å²) >= 11 is 3.10. The Morgan fingerprint density at radius 2 is 1.81 bits per heavy atom. The second-order valence-corrected chi connectivity index (χ2v) is 7.13. The van der Waals surface area contributed by atoms with E-state index in [0.717, 1.165) is 13.2 Å². The number of rotatable bonds is 13. The van der Waals surface area contributed by atoms with Crippen molar-refractivity contribution in [2.45, 2.75) is 18.4 Å². The van der Waals surface area contributed by atoms with Gasteiger partial charge in [0.05, 0.1) is 31.4 Å². The van der Waals surface area contributed by atoms with E-state index in [-0.39, 0.29) is 11.8 Å². The van der Waals surface area contributed by atoms with Crippen molar-refractivity contribution in [1.29, 1.82) is 0 Å². The molecule has 0 heterocycles. The van der Waals surface area contributed by atoms with Gasteiger partial charge < -0.3 is 34.9 Å². The Labute approximate surface area is 184 Å². The zero-order valence-electron chi connectivity index (χ0n) is 16.2. The third-order valence-corrected chi connectivity index (χ3v) is 4.29. The lowest BCUT2D eigenvalue weighted by Crippen LogP contribution is -2.50. The fourth-order valence-electron chi connectivity index (χ4n) is 2.39. The third-order valence-electron chi connectivity index (χ3n) is 3.79. The number of carboxylic acid groups (broad SMARTS) is 2. The van der Waals surface area contributed by atoms with E-state index in [1.165, 1.54) is 12.1 Å². The Morgan fingerprint density at radius 1 is 1.19 bits per heavy atom. The van der Waals surface area contributed by atoms with Crippen LogP contribution in [0.4, 0.5) is 4.39 Å². The number of nitrogens with one attached hydrogen (secondary N) is 2. The SMILES string of the molecule is COB(CNC(=O)CNC(=O)c1cc(Br)ccc1F)OC(C=O)(CC(=O)O)CC(=O)O. The molecule has 0 bridgehead atoms. The molecule has 0 aromatic heterocycles. The monoisotopic (exact) mass is 504 g/mol. The smallest absolute Gasteiger partial charge is 0.478 e. The zero-order valence-corrected chi connectivity index (χ0v) is 17.8. The molecule has 1 rings (SSSR count). The molecule has 0 aliphatic carbocycles. The number of aliphatic carboxylic acids is 2. The lowest BCUT2D eigenvalue weighted by molar-refractivity contribution is -0.151. The normalized spacial score (nSPS) is 10.8. The van der Waals surface area contributed by atoms with E-state index in [0.29, 0.717) is 4.47 Å². The summed E-state index contributed by atoms with van der Waals surface area (Å²) in [5, 5.41) is 22.4. The number of hydrogen-bond acceptors (Lipinski definition) is 7. The van der Waals surface area contributed by atoms with Gasteiger partial charge in [0.25, 0.3) is 5.91 Å². The van der Waals surface area contributed by atoms with Crippen LogP contribution in [0.15, 0.2) is 22.7 Å². The van der Waals surface area contributed by atoms with Crippen LogP contribution in [0.1, 0.15) is 23.2 Å². The van der Waals surface area contributed by atoms with Crippen molar-refractivity contribution < 1.29 is 47.9 Å². The van der Waals surface area contributed by atoms with Gasteiger partial charge >= 0.3 is 19.1 Å². The Morgan fingerprint density at radius 3 is 2.32 bits per heavy atom. The number of aldehydes is 1. The van der Waals surface area contributed by atoms with E-state index in [9.17, 15) is 28.4 Å². The first-order valence-corrected chi connectivity index (χ1v) is 9.41. The number of benzene rings is 1. The molecular formula is C17H19BBrFN2O9. The number of hydrogen-bond donors (Lipinski definition) is 4. The van der Waals surface area contributed by atoms with Gasteiger partial charge in [-0.1, -0.05) is 15.9 Å². The van der Waals surface area contributed by atoms with Crippen LogP contribution in [0.5, 0.6) is 0 Å². The predicted octanol–water partition coefficient (Wildman–Crippen LogP) is 0.0117. The second kappa shape index (κ2) is 12.1. The Kier molecular flexibility index (Phi) is 10.2. The first-order chi connectivity index (χ1) is 14.5. The molecule has 0 fully saturated rings. The largest absolute Gasteiger partial charge is 0.481 e. The molecule has 168 valence electrons. The maximum absolute atomic E-state index is 13.7. The molecule has 0 aliphatic heterocycles. The third kappa shape index (κ3) is 8.82. The Balaban J connectivity index is 2.67. The molecule has 31 heavy (non-hydrogen) atoms. The van der Waals surface area contributed by atoms with Gasteiger partial charge in [-0.3, -0.25) is 19.2 Å². The molecule has 0 radical (unpaired) electrons. The highest BCUT2D eigenvalue weighted by Gasteiger charge is 2.40. The summed E-state index contributed by atoms with van der Waals surface area (Å²) in [5.41, 5.74) is -2.49. The van der Waals surface area contributed by atoms with Crippen LogP contribution in [-0.2, 0) is 28.5 Å². The van der Waals surface area contributed by atoms with Gasteiger partial charge in [-0.05, 0) is 18.2 Å². The fraction of sp³-hybridized carbons (Fsp3) is 0.353. The molecule has 4 N–H and O–H groups in total. The van der Waals surface area contributed by atoms with E-state index in [1.807, 2.05) is 0 Å². The summed E-state index contributed by atoms with van der Waals surface area (Å²) in [6.07, 6.45) is -2.23. The standard InChI is InChI=1S/C17H19BBrFN2O9/c1-30-18(31-17(8-23,5-14(25)26)6-15(27)28)9-22-13(24)7-21-16(29)11-4-10(19)2-3-12(11)20/h2-4,8H,5-7,9H2,1H3,(H,21,29)(H,22,24)(H,25,26)(H,27,28). The summed E-state index contributed by atoms with van der Waals surface area (Å²) in [4.78, 5) is 57.3. The quantitative estimate of drug-likeness (QED) is 0.213. The van der Waals surface area contributed by atoms with Crippen molar-refractivity contribution in [2.24, 2.45) is 0 Å². The van der Waals surface area contributed by atoms with Crippen LogP contribution in [0.25, 0.3) is 0 Å². The average molecular weight is 505 g/mol. The molecule has 1 aromatic carbocycles. The fourth-order valence-corrected chi connectivity index (χ4v) is 2.75. The zero-order chi connectivity index (χ0) is 23.6. The van der Waals surface area contributed by atoms with Crippen LogP contribution in [-0.4, -0.2) is 73.1 Å². The van der Waals surface area contributed by atoms with E-state index in [1.54, 1.807) is 0 Å². The molecule has 0 spiro atoms. The number of halogens is 2. The molecule has 14 heteroatoms. The van der Waals surface area contributed by atoms with Crippen LogP contribution in [0.3, 0.4) is 0 Å². The van der Waals surface area contributed by atoms with Gasteiger partial charge in [-0.2, -0.15) is 0 Å². The van der Waals surface area contributed by atoms with E-state index >= 15 is 0 Å². The molecule has 1 aromatic rings. The molecule has 0 saturated carbocycles. The highest BCUT2D eigenvalue weighted by molar-refractivity contribution is 9.10. The minimum Gasteiger partial charge on any atom is -0.481 e. The second-order valence-electron chi connectivity index (χ2n) is 6.22. The number of carbonyl (C=O) groups excluding carboxylic acids is 3. The molecule has 11 nitrogen and oxygen atoms in total. The molecule has 0 unspecified atom stereocenters. The summed E-state index contributed by atoms with van der Waals surface area (Å²) in [7, 11) is -0.239. The topological polar surface area (TPSA) is 168 Å². The number of carboxylic acids is 2. The maximum atomic E-state index is 13.7. The maximum Gasteiger partial charge on any atom is 0.478 e. The molecule has 2 amide bonds. The summed E-state index contributed by atoms with van der Waals surface area (Å²) in [5.74, 6) is -5.31. The lowest BCUT2D eigenvalue weighted by atomic mass is 9.85.